The summed E-state index contributed by atoms with van der Waals surface area (Å²) < 4.78 is 0. The molecule has 1 saturated heterocycles. The predicted octanol–water partition coefficient (Wildman–Crippen LogP) is 3.83. The summed E-state index contributed by atoms with van der Waals surface area (Å²) >= 11 is 7.97. The standard InChI is InChI=1S/C18H18ClN3O2S/c1-18(12-4-5-12)16(23)22(17(24)21-18)9-11-7-10-3-6-13(25-2)8-14(10)20-15(11)19/h3,6-8,12H,4-5,9H2,1-2H3,(H,21,24)/t18-/m0/s1. The molecule has 0 spiro atoms. The van der Waals surface area contributed by atoms with Crippen molar-refractivity contribution < 1.29 is 9.59 Å². The number of benzene rings is 1. The molecule has 1 aromatic heterocycles. The number of halogens is 1. The van der Waals surface area contributed by atoms with Crippen molar-refractivity contribution >= 4 is 46.2 Å². The van der Waals surface area contributed by atoms with Gasteiger partial charge in [0.1, 0.15) is 10.7 Å². The average Bonchev–Trinajstić information content (AvgIpc) is 3.41. The maximum Gasteiger partial charge on any atom is 0.325 e. The van der Waals surface area contributed by atoms with Gasteiger partial charge >= 0.3 is 6.03 Å². The molecular weight excluding hydrogens is 358 g/mol. The normalized spacial score (nSPS) is 23.4. The molecule has 3 amide bonds. The van der Waals surface area contributed by atoms with E-state index >= 15 is 0 Å². The minimum absolute atomic E-state index is 0.138. The van der Waals surface area contributed by atoms with E-state index in [1.165, 1.54) is 4.90 Å². The molecule has 1 atom stereocenters. The minimum Gasteiger partial charge on any atom is -0.323 e. The zero-order valence-corrected chi connectivity index (χ0v) is 15.6. The Hall–Kier alpha value is -1.79. The van der Waals surface area contributed by atoms with E-state index in [2.05, 4.69) is 10.3 Å². The fourth-order valence-corrected chi connectivity index (χ4v) is 4.01. The monoisotopic (exact) mass is 375 g/mol. The number of pyridine rings is 1. The van der Waals surface area contributed by atoms with Crippen molar-refractivity contribution in [3.8, 4) is 0 Å². The van der Waals surface area contributed by atoms with E-state index in [0.717, 1.165) is 28.6 Å². The van der Waals surface area contributed by atoms with Crippen molar-refractivity contribution in [1.82, 2.24) is 15.2 Å². The van der Waals surface area contributed by atoms with Crippen LogP contribution < -0.4 is 5.32 Å². The first-order chi connectivity index (χ1) is 11.9. The summed E-state index contributed by atoms with van der Waals surface area (Å²) in [6.45, 7) is 1.95. The van der Waals surface area contributed by atoms with Crippen LogP contribution in [0.4, 0.5) is 4.79 Å². The zero-order chi connectivity index (χ0) is 17.8. The summed E-state index contributed by atoms with van der Waals surface area (Å²) in [6.07, 6.45) is 3.96. The van der Waals surface area contributed by atoms with Gasteiger partial charge in [-0.05, 0) is 50.1 Å². The van der Waals surface area contributed by atoms with E-state index in [-0.39, 0.29) is 24.4 Å². The summed E-state index contributed by atoms with van der Waals surface area (Å²) in [5, 5.41) is 4.12. The van der Waals surface area contributed by atoms with Crippen LogP contribution in [-0.2, 0) is 11.3 Å². The summed E-state index contributed by atoms with van der Waals surface area (Å²) in [7, 11) is 0. The Morgan fingerprint density at radius 2 is 2.12 bits per heavy atom. The number of carbonyl (C=O) groups excluding carboxylic acids is 2. The lowest BCUT2D eigenvalue weighted by molar-refractivity contribution is -0.131. The Morgan fingerprint density at radius 3 is 2.80 bits per heavy atom. The van der Waals surface area contributed by atoms with E-state index in [4.69, 9.17) is 11.6 Å². The van der Waals surface area contributed by atoms with E-state index in [1.807, 2.05) is 37.4 Å². The molecule has 2 aromatic rings. The number of fused-ring (bicyclic) bond motifs is 1. The number of aromatic nitrogens is 1. The van der Waals surface area contributed by atoms with Crippen molar-refractivity contribution in [2.45, 2.75) is 36.7 Å². The molecule has 2 fully saturated rings. The van der Waals surface area contributed by atoms with Crippen LogP contribution in [0.15, 0.2) is 29.2 Å². The van der Waals surface area contributed by atoms with E-state index in [0.29, 0.717) is 10.7 Å². The van der Waals surface area contributed by atoms with Crippen molar-refractivity contribution in [3.63, 3.8) is 0 Å². The molecule has 25 heavy (non-hydrogen) atoms. The van der Waals surface area contributed by atoms with Gasteiger partial charge in [0.2, 0.25) is 0 Å². The molecule has 7 heteroatoms. The van der Waals surface area contributed by atoms with Crippen LogP contribution in [0.5, 0.6) is 0 Å². The Labute approximate surface area is 155 Å². The third kappa shape index (κ3) is 2.77. The molecule has 1 N–H and O–H groups in total. The number of urea groups is 1. The third-order valence-corrected chi connectivity index (χ3v) is 6.13. The van der Waals surface area contributed by atoms with Crippen LogP contribution >= 0.6 is 23.4 Å². The summed E-state index contributed by atoms with van der Waals surface area (Å²) in [5.41, 5.74) is 0.705. The highest BCUT2D eigenvalue weighted by molar-refractivity contribution is 7.98. The first-order valence-corrected chi connectivity index (χ1v) is 9.80. The first-order valence-electron chi connectivity index (χ1n) is 8.19. The van der Waals surface area contributed by atoms with Gasteiger partial charge in [-0.15, -0.1) is 11.8 Å². The highest BCUT2D eigenvalue weighted by Crippen LogP contribution is 2.43. The number of imide groups is 1. The number of hydrogen-bond donors (Lipinski definition) is 1. The Kier molecular flexibility index (Phi) is 3.92. The quantitative estimate of drug-likeness (QED) is 0.501. The molecule has 1 aliphatic heterocycles. The predicted molar refractivity (Wildman–Crippen MR) is 98.7 cm³/mol. The Balaban J connectivity index is 1.65. The molecule has 0 radical (unpaired) electrons. The summed E-state index contributed by atoms with van der Waals surface area (Å²) in [6, 6.07) is 7.53. The smallest absolute Gasteiger partial charge is 0.323 e. The van der Waals surface area contributed by atoms with Gasteiger partial charge < -0.3 is 5.32 Å². The molecule has 4 rings (SSSR count). The lowest BCUT2D eigenvalue weighted by Gasteiger charge is -2.21. The molecule has 1 saturated carbocycles. The minimum atomic E-state index is -0.777. The van der Waals surface area contributed by atoms with Crippen LogP contribution in [0.3, 0.4) is 0 Å². The number of nitrogens with zero attached hydrogens (tertiary/aromatic N) is 2. The highest BCUT2D eigenvalue weighted by Gasteiger charge is 2.55. The van der Waals surface area contributed by atoms with Gasteiger partial charge in [-0.1, -0.05) is 17.7 Å². The lowest BCUT2D eigenvalue weighted by Crippen LogP contribution is -2.46. The maximum absolute atomic E-state index is 12.8. The van der Waals surface area contributed by atoms with Gasteiger partial charge in [0.15, 0.2) is 0 Å². The Bertz CT molecular complexity index is 899. The van der Waals surface area contributed by atoms with Gasteiger partial charge in [-0.3, -0.25) is 9.69 Å². The first kappa shape index (κ1) is 16.7. The van der Waals surface area contributed by atoms with Crippen molar-refractivity contribution in [1.29, 1.82) is 0 Å². The molecule has 2 heterocycles. The number of amides is 3. The topological polar surface area (TPSA) is 62.3 Å². The summed E-state index contributed by atoms with van der Waals surface area (Å²) in [5.74, 6) is 0.0676. The van der Waals surface area contributed by atoms with Crippen molar-refractivity contribution in [3.05, 3.63) is 35.0 Å². The molecule has 0 bridgehead atoms. The molecule has 1 aromatic carbocycles. The zero-order valence-electron chi connectivity index (χ0n) is 14.0. The average molecular weight is 376 g/mol. The molecule has 5 nitrogen and oxygen atoms in total. The number of carbonyl (C=O) groups is 2. The Morgan fingerprint density at radius 1 is 1.36 bits per heavy atom. The van der Waals surface area contributed by atoms with Gasteiger partial charge in [0.05, 0.1) is 12.1 Å². The second-order valence-corrected chi connectivity index (χ2v) is 8.03. The van der Waals surface area contributed by atoms with Crippen LogP contribution in [0.1, 0.15) is 25.3 Å². The molecule has 2 aliphatic rings. The number of thioether (sulfide) groups is 1. The van der Waals surface area contributed by atoms with Crippen LogP contribution in [0.2, 0.25) is 5.15 Å². The van der Waals surface area contributed by atoms with Gasteiger partial charge in [-0.2, -0.15) is 0 Å². The molecule has 130 valence electrons. The lowest BCUT2D eigenvalue weighted by atomic mass is 9.96. The second-order valence-electron chi connectivity index (χ2n) is 6.80. The van der Waals surface area contributed by atoms with E-state index < -0.39 is 5.54 Å². The highest BCUT2D eigenvalue weighted by atomic mass is 35.5. The number of nitrogens with one attached hydrogen (secondary N) is 1. The van der Waals surface area contributed by atoms with Gasteiger partial charge in [0.25, 0.3) is 5.91 Å². The van der Waals surface area contributed by atoms with Crippen LogP contribution in [0.25, 0.3) is 10.9 Å². The second kappa shape index (κ2) is 5.88. The largest absolute Gasteiger partial charge is 0.325 e. The fourth-order valence-electron chi connectivity index (χ4n) is 3.37. The van der Waals surface area contributed by atoms with Crippen molar-refractivity contribution in [2.24, 2.45) is 5.92 Å². The SMILES string of the molecule is CSc1ccc2cc(CN3C(=O)N[C@@](C)(C4CC4)C3=O)c(Cl)nc2c1. The molecule has 1 aliphatic carbocycles. The van der Waals surface area contributed by atoms with Gasteiger partial charge in [0, 0.05) is 15.8 Å². The fraction of sp³-hybridized carbons (Fsp3) is 0.389. The van der Waals surface area contributed by atoms with Crippen molar-refractivity contribution in [2.75, 3.05) is 6.26 Å². The molecule has 0 unspecified atom stereocenters. The van der Waals surface area contributed by atoms with E-state index in [9.17, 15) is 9.59 Å². The van der Waals surface area contributed by atoms with Crippen LogP contribution in [-0.4, -0.2) is 33.6 Å². The number of hydrogen-bond acceptors (Lipinski definition) is 4. The molecular formula is C18H18ClN3O2S. The van der Waals surface area contributed by atoms with E-state index in [1.54, 1.807) is 11.8 Å². The van der Waals surface area contributed by atoms with Gasteiger partial charge in [-0.25, -0.2) is 9.78 Å². The van der Waals surface area contributed by atoms with Crippen LogP contribution in [0, 0.1) is 5.92 Å². The third-order valence-electron chi connectivity index (χ3n) is 5.07. The maximum atomic E-state index is 12.8. The number of rotatable bonds is 4. The summed E-state index contributed by atoms with van der Waals surface area (Å²) in [4.78, 5) is 31.9.